The highest BCUT2D eigenvalue weighted by molar-refractivity contribution is 5.93. The molecule has 0 bridgehead atoms. The molecule has 0 saturated carbocycles. The molecule has 0 atom stereocenters. The van der Waals surface area contributed by atoms with Gasteiger partial charge in [-0.2, -0.15) is 5.10 Å². The quantitative estimate of drug-likeness (QED) is 0.643. The van der Waals surface area contributed by atoms with E-state index in [2.05, 4.69) is 5.10 Å². The lowest BCUT2D eigenvalue weighted by atomic mass is 10.1. The molecule has 1 aromatic heterocycles. The van der Waals surface area contributed by atoms with E-state index in [-0.39, 0.29) is 22.0 Å². The minimum Gasteiger partial charge on any atom is -0.267 e. The third-order valence-electron chi connectivity index (χ3n) is 3.16. The van der Waals surface area contributed by atoms with Gasteiger partial charge >= 0.3 is 6.30 Å². The second-order valence-electron chi connectivity index (χ2n) is 4.59. The first-order valence-electron chi connectivity index (χ1n) is 6.23. The molecule has 22 heavy (non-hydrogen) atoms. The van der Waals surface area contributed by atoms with Crippen molar-refractivity contribution in [3.05, 3.63) is 64.7 Å². The van der Waals surface area contributed by atoms with E-state index in [1.54, 1.807) is 6.07 Å². The largest absolute Gasteiger partial charge is 0.507 e. The number of hydrogen-bond donors (Lipinski definition) is 0. The van der Waals surface area contributed by atoms with Crippen LogP contribution in [0.3, 0.4) is 0 Å². The molecule has 1 heterocycles. The normalized spacial score (nSPS) is 11.8. The Bertz CT molecular complexity index is 898. The summed E-state index contributed by atoms with van der Waals surface area (Å²) < 4.78 is 51.4. The summed E-state index contributed by atoms with van der Waals surface area (Å²) in [7, 11) is 0. The maximum Gasteiger partial charge on any atom is 0.507 e. The fourth-order valence-electron chi connectivity index (χ4n) is 2.18. The van der Waals surface area contributed by atoms with E-state index in [1.165, 1.54) is 30.3 Å². The average Bonchev–Trinajstić information content (AvgIpc) is 2.48. The average molecular weight is 308 g/mol. The van der Waals surface area contributed by atoms with Gasteiger partial charge in [0.15, 0.2) is 0 Å². The van der Waals surface area contributed by atoms with Gasteiger partial charge in [-0.25, -0.2) is 4.39 Å². The maximum absolute atomic E-state index is 13.0. The zero-order valence-corrected chi connectivity index (χ0v) is 10.9. The third-order valence-corrected chi connectivity index (χ3v) is 3.16. The van der Waals surface area contributed by atoms with Crippen molar-refractivity contribution in [3.63, 3.8) is 0 Å². The smallest absolute Gasteiger partial charge is 0.267 e. The van der Waals surface area contributed by atoms with Crippen LogP contribution in [0.25, 0.3) is 22.0 Å². The third kappa shape index (κ3) is 2.34. The molecule has 3 nitrogen and oxygen atoms in total. The fraction of sp³-hybridized carbons (Fsp3) is 0.0667. The van der Waals surface area contributed by atoms with Gasteiger partial charge in [0.1, 0.15) is 5.82 Å². The number of halogens is 4. The lowest BCUT2D eigenvalue weighted by Gasteiger charge is -2.13. The SMILES string of the molecule is O=c1c2ccccc2c(-c2ccc(F)cc2)nn1C(F)(F)F. The zero-order valence-electron chi connectivity index (χ0n) is 10.9. The van der Waals surface area contributed by atoms with Crippen molar-refractivity contribution >= 4 is 10.8 Å². The van der Waals surface area contributed by atoms with Crippen LogP contribution in [0.15, 0.2) is 53.3 Å². The van der Waals surface area contributed by atoms with Crippen molar-refractivity contribution in [2.45, 2.75) is 6.30 Å². The molecule has 0 aliphatic rings. The number of aromatic nitrogens is 2. The molecule has 0 aliphatic heterocycles. The van der Waals surface area contributed by atoms with Crippen LogP contribution in [0.2, 0.25) is 0 Å². The monoisotopic (exact) mass is 308 g/mol. The summed E-state index contributed by atoms with van der Waals surface area (Å²) in [5.74, 6) is -0.516. The van der Waals surface area contributed by atoms with Crippen LogP contribution in [0.4, 0.5) is 17.6 Å². The second-order valence-corrected chi connectivity index (χ2v) is 4.59. The number of nitrogens with zero attached hydrogens (tertiary/aromatic N) is 2. The standard InChI is InChI=1S/C15H8F4N2O/c16-10-7-5-9(6-8-10)13-11-3-1-2-4-12(11)14(22)21(20-13)15(17,18)19/h1-8H. The van der Waals surface area contributed by atoms with E-state index < -0.39 is 22.4 Å². The van der Waals surface area contributed by atoms with Gasteiger partial charge in [-0.3, -0.25) is 4.79 Å². The van der Waals surface area contributed by atoms with Crippen LogP contribution in [0.5, 0.6) is 0 Å². The molecular weight excluding hydrogens is 300 g/mol. The van der Waals surface area contributed by atoms with E-state index >= 15 is 0 Å². The van der Waals surface area contributed by atoms with Gasteiger partial charge < -0.3 is 0 Å². The van der Waals surface area contributed by atoms with E-state index in [0.29, 0.717) is 0 Å². The van der Waals surface area contributed by atoms with Crippen LogP contribution < -0.4 is 5.56 Å². The highest BCUT2D eigenvalue weighted by atomic mass is 19.4. The number of benzene rings is 2. The minimum atomic E-state index is -4.93. The Kier molecular flexibility index (Phi) is 3.20. The van der Waals surface area contributed by atoms with E-state index in [0.717, 1.165) is 12.1 Å². The van der Waals surface area contributed by atoms with Gasteiger partial charge in [-0.05, 0) is 30.3 Å². The summed E-state index contributed by atoms with van der Waals surface area (Å²) in [4.78, 5) is 11.9. The summed E-state index contributed by atoms with van der Waals surface area (Å²) in [5.41, 5.74) is -0.989. The summed E-state index contributed by atoms with van der Waals surface area (Å²) in [6, 6.07) is 10.7. The highest BCUT2D eigenvalue weighted by Gasteiger charge is 2.34. The summed E-state index contributed by atoms with van der Waals surface area (Å²) in [6.07, 6.45) is -4.93. The van der Waals surface area contributed by atoms with Crippen LogP contribution in [-0.2, 0) is 6.30 Å². The molecule has 7 heteroatoms. The first-order chi connectivity index (χ1) is 10.4. The highest BCUT2D eigenvalue weighted by Crippen LogP contribution is 2.27. The predicted octanol–water partition coefficient (Wildman–Crippen LogP) is 3.68. The minimum absolute atomic E-state index is 0.0347. The van der Waals surface area contributed by atoms with Crippen molar-refractivity contribution in [2.24, 2.45) is 0 Å². The molecule has 0 aliphatic carbocycles. The molecule has 112 valence electrons. The Morgan fingerprint density at radius 2 is 1.50 bits per heavy atom. The van der Waals surface area contributed by atoms with Crippen LogP contribution in [0, 0.1) is 5.82 Å². The first-order valence-corrected chi connectivity index (χ1v) is 6.23. The van der Waals surface area contributed by atoms with Crippen molar-refractivity contribution < 1.29 is 17.6 Å². The molecule has 0 unspecified atom stereocenters. The number of alkyl halides is 3. The van der Waals surface area contributed by atoms with Gasteiger partial charge in [-0.15, -0.1) is 17.9 Å². The molecule has 3 rings (SSSR count). The van der Waals surface area contributed by atoms with Crippen molar-refractivity contribution in [2.75, 3.05) is 0 Å². The van der Waals surface area contributed by atoms with Crippen molar-refractivity contribution in [3.8, 4) is 11.3 Å². The molecule has 0 spiro atoms. The molecule has 3 aromatic rings. The second kappa shape index (κ2) is 4.94. The summed E-state index contributed by atoms with van der Waals surface area (Å²) >= 11 is 0. The van der Waals surface area contributed by atoms with Crippen molar-refractivity contribution in [1.29, 1.82) is 0 Å². The van der Waals surface area contributed by atoms with Gasteiger partial charge in [0.05, 0.1) is 11.1 Å². The van der Waals surface area contributed by atoms with E-state index in [1.807, 2.05) is 0 Å². The maximum atomic E-state index is 13.0. The van der Waals surface area contributed by atoms with Crippen molar-refractivity contribution in [1.82, 2.24) is 9.78 Å². The van der Waals surface area contributed by atoms with Crippen LogP contribution in [0.1, 0.15) is 0 Å². The number of rotatable bonds is 1. The Morgan fingerprint density at radius 1 is 0.909 bits per heavy atom. The first kappa shape index (κ1) is 14.2. The molecule has 0 radical (unpaired) electrons. The summed E-state index contributed by atoms with van der Waals surface area (Å²) in [5, 5.41) is 3.60. The Labute approximate surface area is 121 Å². The van der Waals surface area contributed by atoms with Gasteiger partial charge in [0.2, 0.25) is 0 Å². The van der Waals surface area contributed by atoms with Gasteiger partial charge in [-0.1, -0.05) is 18.2 Å². The molecule has 2 aromatic carbocycles. The predicted molar refractivity (Wildman–Crippen MR) is 72.7 cm³/mol. The number of hydrogen-bond acceptors (Lipinski definition) is 2. The Morgan fingerprint density at radius 3 is 2.09 bits per heavy atom. The van der Waals surface area contributed by atoms with E-state index in [9.17, 15) is 22.4 Å². The Hall–Kier alpha value is -2.70. The topological polar surface area (TPSA) is 34.9 Å². The lowest BCUT2D eigenvalue weighted by Crippen LogP contribution is -2.33. The number of fused-ring (bicyclic) bond motifs is 1. The fourth-order valence-corrected chi connectivity index (χ4v) is 2.18. The van der Waals surface area contributed by atoms with Crippen LogP contribution >= 0.6 is 0 Å². The zero-order chi connectivity index (χ0) is 15.9. The Balaban J connectivity index is 2.41. The lowest BCUT2D eigenvalue weighted by molar-refractivity contribution is -0.214. The molecular formula is C15H8F4N2O. The molecule has 0 fully saturated rings. The summed E-state index contributed by atoms with van der Waals surface area (Å²) in [6.45, 7) is 0. The van der Waals surface area contributed by atoms with E-state index in [4.69, 9.17) is 0 Å². The van der Waals surface area contributed by atoms with Gasteiger partial charge in [0, 0.05) is 10.9 Å². The molecule has 0 saturated heterocycles. The molecule has 0 amide bonds. The van der Waals surface area contributed by atoms with Crippen LogP contribution in [-0.4, -0.2) is 9.78 Å². The van der Waals surface area contributed by atoms with Gasteiger partial charge in [0.25, 0.3) is 5.56 Å². The molecule has 0 N–H and O–H groups in total.